The fraction of sp³-hybridized carbons (Fsp3) is 0.438. The van der Waals surface area contributed by atoms with Gasteiger partial charge in [-0.1, -0.05) is 37.3 Å². The molecule has 3 nitrogen and oxygen atoms in total. The molecule has 0 aliphatic heterocycles. The highest BCUT2D eigenvalue weighted by Gasteiger charge is 2.16. The molecule has 3 heteroatoms. The van der Waals surface area contributed by atoms with E-state index in [1.807, 2.05) is 11.7 Å². The van der Waals surface area contributed by atoms with Gasteiger partial charge in [0.25, 0.3) is 0 Å². The second kappa shape index (κ2) is 6.53. The van der Waals surface area contributed by atoms with Gasteiger partial charge in [-0.15, -0.1) is 0 Å². The summed E-state index contributed by atoms with van der Waals surface area (Å²) in [6.07, 6.45) is 4.28. The van der Waals surface area contributed by atoms with Gasteiger partial charge in [-0.3, -0.25) is 4.68 Å². The lowest BCUT2D eigenvalue weighted by Gasteiger charge is -2.18. The van der Waals surface area contributed by atoms with Crippen LogP contribution in [0.2, 0.25) is 0 Å². The smallest absolute Gasteiger partial charge is 0.0641 e. The third-order valence-corrected chi connectivity index (χ3v) is 3.35. The van der Waals surface area contributed by atoms with Crippen molar-refractivity contribution in [1.29, 1.82) is 0 Å². The van der Waals surface area contributed by atoms with Crippen LogP contribution in [0.5, 0.6) is 0 Å². The largest absolute Gasteiger partial charge is 0.310 e. The van der Waals surface area contributed by atoms with Crippen LogP contribution in [-0.4, -0.2) is 16.3 Å². The van der Waals surface area contributed by atoms with Crippen molar-refractivity contribution in [3.05, 3.63) is 53.3 Å². The summed E-state index contributed by atoms with van der Waals surface area (Å²) in [5, 5.41) is 8.09. The number of hydrogen-bond acceptors (Lipinski definition) is 2. The van der Waals surface area contributed by atoms with Crippen molar-refractivity contribution in [1.82, 2.24) is 15.1 Å². The van der Waals surface area contributed by atoms with Crippen molar-refractivity contribution in [3.63, 3.8) is 0 Å². The minimum atomic E-state index is 0.344. The number of aromatic nitrogens is 2. The Morgan fingerprint density at radius 3 is 2.58 bits per heavy atom. The van der Waals surface area contributed by atoms with Crippen LogP contribution in [0.15, 0.2) is 36.5 Å². The Balaban J connectivity index is 2.18. The van der Waals surface area contributed by atoms with Crippen molar-refractivity contribution in [3.8, 4) is 0 Å². The molecule has 1 heterocycles. The summed E-state index contributed by atoms with van der Waals surface area (Å²) in [6, 6.07) is 11.0. The topological polar surface area (TPSA) is 29.9 Å². The lowest BCUT2D eigenvalue weighted by molar-refractivity contribution is 0.527. The Bertz CT molecular complexity index is 502. The van der Waals surface area contributed by atoms with Crippen molar-refractivity contribution < 1.29 is 0 Å². The van der Waals surface area contributed by atoms with E-state index in [0.717, 1.165) is 25.1 Å². The van der Waals surface area contributed by atoms with Crippen molar-refractivity contribution >= 4 is 0 Å². The highest BCUT2D eigenvalue weighted by Crippen LogP contribution is 2.21. The first-order chi connectivity index (χ1) is 9.20. The fourth-order valence-corrected chi connectivity index (χ4v) is 2.42. The molecule has 1 aromatic carbocycles. The molecule has 0 spiro atoms. The van der Waals surface area contributed by atoms with Gasteiger partial charge in [0, 0.05) is 24.8 Å². The predicted molar refractivity (Wildman–Crippen MR) is 79.1 cm³/mol. The second-order valence-corrected chi connectivity index (χ2v) is 5.04. The summed E-state index contributed by atoms with van der Waals surface area (Å²) in [5.41, 5.74) is 3.78. The van der Waals surface area contributed by atoms with Crippen LogP contribution in [0.25, 0.3) is 0 Å². The van der Waals surface area contributed by atoms with Crippen LogP contribution in [-0.2, 0) is 13.5 Å². The van der Waals surface area contributed by atoms with Gasteiger partial charge in [0.1, 0.15) is 0 Å². The Kier molecular flexibility index (Phi) is 4.74. The zero-order valence-corrected chi connectivity index (χ0v) is 12.1. The molecular weight excluding hydrogens is 234 g/mol. The monoisotopic (exact) mass is 257 g/mol. The van der Waals surface area contributed by atoms with Gasteiger partial charge in [0.15, 0.2) is 0 Å². The molecule has 1 aromatic heterocycles. The molecule has 0 bridgehead atoms. The van der Waals surface area contributed by atoms with E-state index in [2.05, 4.69) is 60.8 Å². The molecule has 0 aliphatic carbocycles. The molecular formula is C16H23N3. The Morgan fingerprint density at radius 2 is 2.00 bits per heavy atom. The minimum Gasteiger partial charge on any atom is -0.310 e. The van der Waals surface area contributed by atoms with Crippen molar-refractivity contribution in [2.75, 3.05) is 6.54 Å². The van der Waals surface area contributed by atoms with Gasteiger partial charge >= 0.3 is 0 Å². The zero-order chi connectivity index (χ0) is 13.7. The molecule has 0 saturated carbocycles. The van der Waals surface area contributed by atoms with E-state index in [-0.39, 0.29) is 0 Å². The fourth-order valence-electron chi connectivity index (χ4n) is 2.42. The molecule has 0 radical (unpaired) electrons. The van der Waals surface area contributed by atoms with Crippen LogP contribution in [0.4, 0.5) is 0 Å². The van der Waals surface area contributed by atoms with Gasteiger partial charge in [-0.25, -0.2) is 0 Å². The second-order valence-electron chi connectivity index (χ2n) is 5.04. The number of nitrogens with zero attached hydrogens (tertiary/aromatic N) is 2. The average molecular weight is 257 g/mol. The molecule has 0 aliphatic rings. The standard InChI is InChI=1S/C16H23N3/c1-4-10-17-16(11-14-8-6-5-7-9-14)15-12-19(3)18-13(15)2/h5-9,12,16-17H,4,10-11H2,1-3H3. The summed E-state index contributed by atoms with van der Waals surface area (Å²) in [6.45, 7) is 5.31. The predicted octanol–water partition coefficient (Wildman–Crippen LogP) is 3.01. The Labute approximate surface area is 115 Å². The first-order valence-corrected chi connectivity index (χ1v) is 6.98. The molecule has 0 saturated heterocycles. The number of benzene rings is 1. The molecule has 102 valence electrons. The number of aryl methyl sites for hydroxylation is 2. The minimum absolute atomic E-state index is 0.344. The maximum absolute atomic E-state index is 4.46. The maximum atomic E-state index is 4.46. The number of hydrogen-bond donors (Lipinski definition) is 1. The lowest BCUT2D eigenvalue weighted by Crippen LogP contribution is -2.24. The number of rotatable bonds is 6. The number of nitrogens with one attached hydrogen (secondary N) is 1. The van der Waals surface area contributed by atoms with E-state index in [0.29, 0.717) is 6.04 Å². The normalized spacial score (nSPS) is 12.6. The molecule has 2 rings (SSSR count). The molecule has 19 heavy (non-hydrogen) atoms. The summed E-state index contributed by atoms with van der Waals surface area (Å²) < 4.78 is 1.90. The molecule has 0 amide bonds. The van der Waals surface area contributed by atoms with E-state index >= 15 is 0 Å². The Morgan fingerprint density at radius 1 is 1.26 bits per heavy atom. The zero-order valence-electron chi connectivity index (χ0n) is 12.1. The molecule has 2 aromatic rings. The SMILES string of the molecule is CCCNC(Cc1ccccc1)c1cn(C)nc1C. The maximum Gasteiger partial charge on any atom is 0.0641 e. The van der Waals surface area contributed by atoms with Gasteiger partial charge in [0.2, 0.25) is 0 Å². The van der Waals surface area contributed by atoms with Crippen LogP contribution < -0.4 is 5.32 Å². The van der Waals surface area contributed by atoms with Crippen molar-refractivity contribution in [2.24, 2.45) is 7.05 Å². The third kappa shape index (κ3) is 3.67. The van der Waals surface area contributed by atoms with E-state index < -0.39 is 0 Å². The first kappa shape index (κ1) is 13.8. The molecule has 1 N–H and O–H groups in total. The highest BCUT2D eigenvalue weighted by molar-refractivity contribution is 5.24. The van der Waals surface area contributed by atoms with Crippen molar-refractivity contribution in [2.45, 2.75) is 32.7 Å². The van der Waals surface area contributed by atoms with Crippen LogP contribution >= 0.6 is 0 Å². The summed E-state index contributed by atoms with van der Waals surface area (Å²) in [5.74, 6) is 0. The average Bonchev–Trinajstić information content (AvgIpc) is 2.75. The van der Waals surface area contributed by atoms with E-state index in [9.17, 15) is 0 Å². The summed E-state index contributed by atoms with van der Waals surface area (Å²) >= 11 is 0. The van der Waals surface area contributed by atoms with Gasteiger partial charge in [-0.05, 0) is 31.9 Å². The molecule has 0 fully saturated rings. The summed E-state index contributed by atoms with van der Waals surface area (Å²) in [7, 11) is 1.98. The van der Waals surface area contributed by atoms with Crippen LogP contribution in [0.3, 0.4) is 0 Å². The van der Waals surface area contributed by atoms with E-state index in [4.69, 9.17) is 0 Å². The molecule has 1 unspecified atom stereocenters. The van der Waals surface area contributed by atoms with E-state index in [1.54, 1.807) is 0 Å². The van der Waals surface area contributed by atoms with Crippen LogP contribution in [0.1, 0.15) is 36.2 Å². The quantitative estimate of drug-likeness (QED) is 0.862. The highest BCUT2D eigenvalue weighted by atomic mass is 15.3. The van der Waals surface area contributed by atoms with Gasteiger partial charge in [-0.2, -0.15) is 5.10 Å². The van der Waals surface area contributed by atoms with Gasteiger partial charge < -0.3 is 5.32 Å². The van der Waals surface area contributed by atoms with E-state index in [1.165, 1.54) is 11.1 Å². The van der Waals surface area contributed by atoms with Crippen LogP contribution in [0, 0.1) is 6.92 Å². The third-order valence-electron chi connectivity index (χ3n) is 3.35. The Hall–Kier alpha value is -1.61. The summed E-state index contributed by atoms with van der Waals surface area (Å²) in [4.78, 5) is 0. The molecule has 1 atom stereocenters. The lowest BCUT2D eigenvalue weighted by atomic mass is 9.99. The first-order valence-electron chi connectivity index (χ1n) is 6.98. The van der Waals surface area contributed by atoms with Gasteiger partial charge in [0.05, 0.1) is 5.69 Å².